The number of rotatable bonds is 2. The van der Waals surface area contributed by atoms with E-state index in [1.165, 1.54) is 0 Å². The molecule has 1 aliphatic carbocycles. The summed E-state index contributed by atoms with van der Waals surface area (Å²) in [6, 6.07) is 8.10. The Balaban J connectivity index is 1.86. The third-order valence-electron chi connectivity index (χ3n) is 3.73. The minimum atomic E-state index is 0.205. The van der Waals surface area contributed by atoms with E-state index >= 15 is 0 Å². The van der Waals surface area contributed by atoms with Gasteiger partial charge in [-0.1, -0.05) is 29.8 Å². The van der Waals surface area contributed by atoms with Gasteiger partial charge < -0.3 is 4.90 Å². The molecule has 1 aromatic rings. The normalized spacial score (nSPS) is 24.1. The summed E-state index contributed by atoms with van der Waals surface area (Å²) in [6.45, 7) is 0.894. The van der Waals surface area contributed by atoms with Gasteiger partial charge in [0.1, 0.15) is 0 Å². The van der Waals surface area contributed by atoms with Crippen LogP contribution in [0.1, 0.15) is 37.3 Å². The van der Waals surface area contributed by atoms with Crippen LogP contribution in [0.4, 0.5) is 0 Å². The molecule has 0 spiro atoms. The second kappa shape index (κ2) is 4.34. The van der Waals surface area contributed by atoms with Crippen molar-refractivity contribution in [2.75, 3.05) is 6.54 Å². The van der Waals surface area contributed by atoms with Crippen LogP contribution >= 0.6 is 11.6 Å². The van der Waals surface area contributed by atoms with Crippen LogP contribution in [0.2, 0.25) is 5.02 Å². The van der Waals surface area contributed by atoms with Gasteiger partial charge >= 0.3 is 0 Å². The van der Waals surface area contributed by atoms with Gasteiger partial charge in [0.05, 0.1) is 6.04 Å². The van der Waals surface area contributed by atoms with Crippen molar-refractivity contribution in [3.8, 4) is 0 Å². The molecule has 2 nitrogen and oxygen atoms in total. The van der Waals surface area contributed by atoms with Crippen molar-refractivity contribution in [2.24, 2.45) is 5.92 Å². The van der Waals surface area contributed by atoms with Gasteiger partial charge in [0.25, 0.3) is 0 Å². The topological polar surface area (TPSA) is 20.3 Å². The smallest absolute Gasteiger partial charge is 0.226 e. The van der Waals surface area contributed by atoms with Gasteiger partial charge in [0.2, 0.25) is 5.91 Å². The Hall–Kier alpha value is -1.02. The fourth-order valence-corrected chi connectivity index (χ4v) is 2.93. The van der Waals surface area contributed by atoms with Crippen molar-refractivity contribution in [3.05, 3.63) is 34.9 Å². The van der Waals surface area contributed by atoms with Crippen LogP contribution in [0, 0.1) is 5.92 Å². The molecule has 0 bridgehead atoms. The molecule has 2 aliphatic rings. The van der Waals surface area contributed by atoms with Crippen LogP contribution in [-0.4, -0.2) is 17.4 Å². The van der Waals surface area contributed by atoms with E-state index in [2.05, 4.69) is 0 Å². The molecule has 2 fully saturated rings. The Bertz CT molecular complexity index is 442. The maximum absolute atomic E-state index is 12.2. The lowest BCUT2D eigenvalue weighted by Gasteiger charge is -2.25. The number of hydrogen-bond acceptors (Lipinski definition) is 1. The lowest BCUT2D eigenvalue weighted by atomic mass is 10.0. The molecule has 1 aliphatic heterocycles. The number of amides is 1. The van der Waals surface area contributed by atoms with Crippen molar-refractivity contribution in [1.29, 1.82) is 0 Å². The van der Waals surface area contributed by atoms with Crippen LogP contribution in [0.15, 0.2) is 24.3 Å². The Morgan fingerprint density at radius 3 is 2.71 bits per heavy atom. The summed E-state index contributed by atoms with van der Waals surface area (Å²) in [5, 5.41) is 0.785. The fourth-order valence-electron chi connectivity index (χ4n) is 2.66. The van der Waals surface area contributed by atoms with Crippen molar-refractivity contribution < 1.29 is 4.79 Å². The van der Waals surface area contributed by atoms with Gasteiger partial charge in [-0.15, -0.1) is 0 Å². The number of hydrogen-bond donors (Lipinski definition) is 0. The minimum Gasteiger partial charge on any atom is -0.335 e. The monoisotopic (exact) mass is 249 g/mol. The van der Waals surface area contributed by atoms with Crippen LogP contribution in [0.3, 0.4) is 0 Å². The van der Waals surface area contributed by atoms with E-state index in [9.17, 15) is 4.79 Å². The van der Waals surface area contributed by atoms with Crippen molar-refractivity contribution >= 4 is 17.5 Å². The standard InChI is InChI=1S/C14H16ClNO/c15-12-5-2-1-4-11(12)13-6-3-9-16(13)14(17)10-7-8-10/h1-2,4-5,10,13H,3,6-9H2/t13-/m1/s1. The van der Waals surface area contributed by atoms with E-state index in [0.717, 1.165) is 42.8 Å². The Morgan fingerprint density at radius 2 is 2.00 bits per heavy atom. The first kappa shape index (κ1) is 11.1. The molecule has 0 unspecified atom stereocenters. The molecular formula is C14H16ClNO. The third kappa shape index (κ3) is 2.06. The molecule has 90 valence electrons. The summed E-state index contributed by atoms with van der Waals surface area (Å²) < 4.78 is 0. The average Bonchev–Trinajstić information content (AvgIpc) is 3.07. The van der Waals surface area contributed by atoms with Crippen molar-refractivity contribution in [3.63, 3.8) is 0 Å². The van der Waals surface area contributed by atoms with E-state index in [-0.39, 0.29) is 6.04 Å². The highest BCUT2D eigenvalue weighted by atomic mass is 35.5. The van der Waals surface area contributed by atoms with E-state index in [0.29, 0.717) is 11.8 Å². The number of carbonyl (C=O) groups is 1. The zero-order chi connectivity index (χ0) is 11.8. The first-order chi connectivity index (χ1) is 8.27. The van der Waals surface area contributed by atoms with Gasteiger partial charge in [-0.05, 0) is 37.3 Å². The van der Waals surface area contributed by atoms with Crippen LogP contribution < -0.4 is 0 Å². The first-order valence-electron chi connectivity index (χ1n) is 6.32. The highest BCUT2D eigenvalue weighted by Crippen LogP contribution is 2.40. The molecule has 3 rings (SSSR count). The maximum atomic E-state index is 12.2. The minimum absolute atomic E-state index is 0.205. The number of nitrogens with zero attached hydrogens (tertiary/aromatic N) is 1. The van der Waals surface area contributed by atoms with Gasteiger partial charge in [-0.3, -0.25) is 4.79 Å². The molecule has 1 amide bonds. The van der Waals surface area contributed by atoms with Crippen LogP contribution in [0.5, 0.6) is 0 Å². The fraction of sp³-hybridized carbons (Fsp3) is 0.500. The second-order valence-corrected chi connectivity index (χ2v) is 5.39. The van der Waals surface area contributed by atoms with E-state index in [4.69, 9.17) is 11.6 Å². The average molecular weight is 250 g/mol. The van der Waals surface area contributed by atoms with Gasteiger partial charge in [-0.25, -0.2) is 0 Å². The summed E-state index contributed by atoms with van der Waals surface area (Å²) in [4.78, 5) is 14.2. The molecule has 1 aromatic carbocycles. The highest BCUT2D eigenvalue weighted by molar-refractivity contribution is 6.31. The lowest BCUT2D eigenvalue weighted by Crippen LogP contribution is -2.31. The molecule has 1 heterocycles. The molecular weight excluding hydrogens is 234 g/mol. The number of likely N-dealkylation sites (tertiary alicyclic amines) is 1. The molecule has 1 saturated carbocycles. The summed E-state index contributed by atoms with van der Waals surface area (Å²) in [5.74, 6) is 0.644. The van der Waals surface area contributed by atoms with E-state index < -0.39 is 0 Å². The van der Waals surface area contributed by atoms with Crippen molar-refractivity contribution in [1.82, 2.24) is 4.90 Å². The molecule has 0 N–H and O–H groups in total. The molecule has 1 saturated heterocycles. The number of carbonyl (C=O) groups excluding carboxylic acids is 1. The third-order valence-corrected chi connectivity index (χ3v) is 4.07. The zero-order valence-electron chi connectivity index (χ0n) is 9.73. The van der Waals surface area contributed by atoms with Crippen LogP contribution in [0.25, 0.3) is 0 Å². The SMILES string of the molecule is O=C(C1CC1)N1CCC[C@@H]1c1ccccc1Cl. The number of halogens is 1. The second-order valence-electron chi connectivity index (χ2n) is 4.99. The molecule has 0 aromatic heterocycles. The van der Waals surface area contributed by atoms with Crippen molar-refractivity contribution in [2.45, 2.75) is 31.7 Å². The number of benzene rings is 1. The van der Waals surface area contributed by atoms with E-state index in [1.54, 1.807) is 0 Å². The van der Waals surface area contributed by atoms with Gasteiger partial charge in [0.15, 0.2) is 0 Å². The molecule has 0 radical (unpaired) electrons. The summed E-state index contributed by atoms with van der Waals surface area (Å²) in [7, 11) is 0. The lowest BCUT2D eigenvalue weighted by molar-refractivity contribution is -0.133. The molecule has 3 heteroatoms. The summed E-state index contributed by atoms with van der Waals surface area (Å²) in [5.41, 5.74) is 1.11. The summed E-state index contributed by atoms with van der Waals surface area (Å²) >= 11 is 6.23. The van der Waals surface area contributed by atoms with Gasteiger partial charge in [0, 0.05) is 17.5 Å². The molecule has 1 atom stereocenters. The first-order valence-corrected chi connectivity index (χ1v) is 6.70. The zero-order valence-corrected chi connectivity index (χ0v) is 10.5. The predicted octanol–water partition coefficient (Wildman–Crippen LogP) is 3.41. The quantitative estimate of drug-likeness (QED) is 0.787. The Kier molecular flexibility index (Phi) is 2.83. The highest BCUT2D eigenvalue weighted by Gasteiger charge is 2.39. The van der Waals surface area contributed by atoms with Gasteiger partial charge in [-0.2, -0.15) is 0 Å². The Labute approximate surface area is 107 Å². The maximum Gasteiger partial charge on any atom is 0.226 e. The van der Waals surface area contributed by atoms with Crippen LogP contribution in [-0.2, 0) is 4.79 Å². The van der Waals surface area contributed by atoms with E-state index in [1.807, 2.05) is 29.2 Å². The Morgan fingerprint density at radius 1 is 1.24 bits per heavy atom. The summed E-state index contributed by atoms with van der Waals surface area (Å²) in [6.07, 6.45) is 4.28. The molecule has 17 heavy (non-hydrogen) atoms. The predicted molar refractivity (Wildman–Crippen MR) is 67.9 cm³/mol. The largest absolute Gasteiger partial charge is 0.335 e.